The van der Waals surface area contributed by atoms with Crippen LogP contribution in [0.4, 0.5) is 0 Å². The van der Waals surface area contributed by atoms with Crippen LogP contribution in [0.5, 0.6) is 0 Å². The third-order valence-corrected chi connectivity index (χ3v) is 5.53. The average molecular weight is 341 g/mol. The van der Waals surface area contributed by atoms with Crippen molar-refractivity contribution in [3.05, 3.63) is 28.2 Å². The maximum absolute atomic E-state index is 9.04. The Labute approximate surface area is 131 Å². The van der Waals surface area contributed by atoms with Crippen molar-refractivity contribution in [3.8, 4) is 16.8 Å². The number of aromatic nitrogens is 4. The minimum atomic E-state index is 0.196. The zero-order chi connectivity index (χ0) is 14.1. The largest absolute Gasteiger partial charge is 0.335 e. The lowest BCUT2D eigenvalue weighted by Crippen LogP contribution is -2.10. The quantitative estimate of drug-likeness (QED) is 0.737. The van der Waals surface area contributed by atoms with Gasteiger partial charge in [0.25, 0.3) is 0 Å². The highest BCUT2D eigenvalue weighted by atomic mass is 35.5. The van der Waals surface area contributed by atoms with Crippen LogP contribution in [0.25, 0.3) is 10.7 Å². The molecule has 0 atom stereocenters. The van der Waals surface area contributed by atoms with Crippen LogP contribution in [0.1, 0.15) is 5.56 Å². The lowest BCUT2D eigenvalue weighted by molar-refractivity contribution is 0.851. The zero-order valence-electron chi connectivity index (χ0n) is 9.65. The summed E-state index contributed by atoms with van der Waals surface area (Å²) in [7, 11) is 0. The standard InChI is InChI=1S/C10H5ClN6S3/c11-7-5(4-12)9(20-16-7)19-10-15-14-8(17(10)13)6-2-1-3-18-6/h1-3H,13H2. The van der Waals surface area contributed by atoms with Gasteiger partial charge in [-0.2, -0.15) is 9.64 Å². The predicted octanol–water partition coefficient (Wildman–Crippen LogP) is 2.85. The van der Waals surface area contributed by atoms with Gasteiger partial charge in [-0.25, -0.2) is 4.68 Å². The molecule has 0 aliphatic rings. The molecule has 20 heavy (non-hydrogen) atoms. The second kappa shape index (κ2) is 5.41. The number of nitrogen functional groups attached to an aromatic ring is 1. The summed E-state index contributed by atoms with van der Waals surface area (Å²) >= 11 is 9.71. The van der Waals surface area contributed by atoms with E-state index in [0.29, 0.717) is 20.8 Å². The van der Waals surface area contributed by atoms with Gasteiger partial charge in [-0.15, -0.1) is 21.5 Å². The van der Waals surface area contributed by atoms with Gasteiger partial charge in [-0.05, 0) is 34.7 Å². The molecule has 3 aromatic heterocycles. The molecule has 0 aromatic carbocycles. The van der Waals surface area contributed by atoms with Crippen molar-refractivity contribution in [2.45, 2.75) is 9.37 Å². The van der Waals surface area contributed by atoms with Gasteiger partial charge in [-0.1, -0.05) is 17.7 Å². The summed E-state index contributed by atoms with van der Waals surface area (Å²) in [6.45, 7) is 0. The molecule has 3 heterocycles. The van der Waals surface area contributed by atoms with E-state index in [0.717, 1.165) is 16.4 Å². The minimum absolute atomic E-state index is 0.196. The first-order valence-corrected chi connectivity index (χ1v) is 8.03. The second-order valence-corrected chi connectivity index (χ2v) is 6.82. The Hall–Kier alpha value is -1.60. The minimum Gasteiger partial charge on any atom is -0.335 e. The SMILES string of the molecule is N#Cc1c(Cl)nsc1Sc1nnc(-c2cccs2)n1N. The summed E-state index contributed by atoms with van der Waals surface area (Å²) in [4.78, 5) is 0.926. The first-order valence-electron chi connectivity index (χ1n) is 5.18. The highest BCUT2D eigenvalue weighted by Crippen LogP contribution is 2.36. The van der Waals surface area contributed by atoms with Crippen molar-refractivity contribution < 1.29 is 0 Å². The lowest BCUT2D eigenvalue weighted by Gasteiger charge is -2.00. The monoisotopic (exact) mass is 340 g/mol. The molecule has 0 aliphatic heterocycles. The van der Waals surface area contributed by atoms with Crippen LogP contribution in [0.3, 0.4) is 0 Å². The lowest BCUT2D eigenvalue weighted by atomic mass is 10.4. The fourth-order valence-corrected chi connectivity index (χ4v) is 4.13. The van der Waals surface area contributed by atoms with Gasteiger partial charge in [0.15, 0.2) is 11.0 Å². The summed E-state index contributed by atoms with van der Waals surface area (Å²) in [5.41, 5.74) is 0.336. The molecule has 0 bridgehead atoms. The molecule has 0 amide bonds. The zero-order valence-corrected chi connectivity index (χ0v) is 12.9. The summed E-state index contributed by atoms with van der Waals surface area (Å²) < 4.78 is 5.98. The highest BCUT2D eigenvalue weighted by Gasteiger charge is 2.18. The first-order chi connectivity index (χ1) is 9.70. The van der Waals surface area contributed by atoms with Gasteiger partial charge in [-0.3, -0.25) is 0 Å². The normalized spacial score (nSPS) is 10.6. The van der Waals surface area contributed by atoms with Gasteiger partial charge in [0.2, 0.25) is 5.16 Å². The summed E-state index contributed by atoms with van der Waals surface area (Å²) in [5, 5.41) is 19.7. The molecule has 2 N–H and O–H groups in total. The molecule has 100 valence electrons. The smallest absolute Gasteiger partial charge is 0.215 e. The molecule has 0 radical (unpaired) electrons. The number of rotatable bonds is 3. The van der Waals surface area contributed by atoms with Crippen molar-refractivity contribution >= 4 is 46.2 Å². The van der Waals surface area contributed by atoms with E-state index in [1.807, 2.05) is 23.6 Å². The fraction of sp³-hybridized carbons (Fsp3) is 0. The van der Waals surface area contributed by atoms with E-state index < -0.39 is 0 Å². The Kier molecular flexibility index (Phi) is 3.62. The molecule has 0 saturated carbocycles. The van der Waals surface area contributed by atoms with Crippen molar-refractivity contribution in [1.82, 2.24) is 19.2 Å². The molecule has 6 nitrogen and oxygen atoms in total. The maximum Gasteiger partial charge on any atom is 0.215 e. The Balaban J connectivity index is 1.95. The predicted molar refractivity (Wildman–Crippen MR) is 79.4 cm³/mol. The molecule has 3 aromatic rings. The maximum atomic E-state index is 9.04. The Morgan fingerprint density at radius 1 is 1.45 bits per heavy atom. The number of halogens is 1. The van der Waals surface area contributed by atoms with Crippen LogP contribution in [-0.2, 0) is 0 Å². The van der Waals surface area contributed by atoms with Crippen molar-refractivity contribution in [2.75, 3.05) is 5.84 Å². The third-order valence-electron chi connectivity index (χ3n) is 2.32. The van der Waals surface area contributed by atoms with Crippen molar-refractivity contribution in [1.29, 1.82) is 5.26 Å². The second-order valence-electron chi connectivity index (χ2n) is 3.50. The number of nitriles is 1. The van der Waals surface area contributed by atoms with E-state index >= 15 is 0 Å². The fourth-order valence-electron chi connectivity index (χ4n) is 1.42. The number of nitrogens with zero attached hydrogens (tertiary/aromatic N) is 5. The van der Waals surface area contributed by atoms with Crippen LogP contribution >= 0.6 is 46.2 Å². The number of thiophene rings is 1. The van der Waals surface area contributed by atoms with Gasteiger partial charge in [0.05, 0.1) is 4.88 Å². The number of hydrogen-bond donors (Lipinski definition) is 1. The van der Waals surface area contributed by atoms with E-state index in [9.17, 15) is 0 Å². The van der Waals surface area contributed by atoms with Gasteiger partial charge >= 0.3 is 0 Å². The molecule has 3 rings (SSSR count). The highest BCUT2D eigenvalue weighted by molar-refractivity contribution is 8.01. The Bertz CT molecular complexity index is 785. The first kappa shape index (κ1) is 13.4. The van der Waals surface area contributed by atoms with E-state index in [2.05, 4.69) is 14.6 Å². The van der Waals surface area contributed by atoms with Crippen molar-refractivity contribution in [2.24, 2.45) is 0 Å². The van der Waals surface area contributed by atoms with Gasteiger partial charge < -0.3 is 5.84 Å². The number of hydrogen-bond acceptors (Lipinski definition) is 8. The number of nitrogens with two attached hydrogens (primary N) is 1. The molecule has 0 spiro atoms. The summed E-state index contributed by atoms with van der Waals surface area (Å²) in [6.07, 6.45) is 0. The van der Waals surface area contributed by atoms with Gasteiger partial charge in [0.1, 0.15) is 15.8 Å². The van der Waals surface area contributed by atoms with Crippen LogP contribution in [0.15, 0.2) is 26.9 Å². The molecular weight excluding hydrogens is 336 g/mol. The van der Waals surface area contributed by atoms with Crippen molar-refractivity contribution in [3.63, 3.8) is 0 Å². The van der Waals surface area contributed by atoms with Crippen LogP contribution < -0.4 is 5.84 Å². The Morgan fingerprint density at radius 3 is 3.00 bits per heavy atom. The topological polar surface area (TPSA) is 93.4 Å². The van der Waals surface area contributed by atoms with Crippen LogP contribution in [-0.4, -0.2) is 19.2 Å². The van der Waals surface area contributed by atoms with E-state index in [1.54, 1.807) is 0 Å². The van der Waals surface area contributed by atoms with Gasteiger partial charge in [0, 0.05) is 0 Å². The average Bonchev–Trinajstić information content (AvgIpc) is 3.13. The van der Waals surface area contributed by atoms with E-state index in [-0.39, 0.29) is 5.15 Å². The molecular formula is C10H5ClN6S3. The van der Waals surface area contributed by atoms with E-state index in [1.165, 1.54) is 27.8 Å². The summed E-state index contributed by atoms with van der Waals surface area (Å²) in [5.74, 6) is 6.57. The van der Waals surface area contributed by atoms with Crippen LogP contribution in [0, 0.1) is 11.3 Å². The molecule has 10 heteroatoms. The molecule has 0 unspecified atom stereocenters. The third kappa shape index (κ3) is 2.27. The molecule has 0 fully saturated rings. The Morgan fingerprint density at radius 2 is 2.30 bits per heavy atom. The molecule has 0 saturated heterocycles. The van der Waals surface area contributed by atoms with Crippen LogP contribution in [0.2, 0.25) is 5.15 Å². The molecule has 0 aliphatic carbocycles. The summed E-state index contributed by atoms with van der Waals surface area (Å²) in [6, 6.07) is 5.85. The van der Waals surface area contributed by atoms with E-state index in [4.69, 9.17) is 22.7 Å².